The van der Waals surface area contributed by atoms with E-state index in [-0.39, 0.29) is 5.91 Å². The van der Waals surface area contributed by atoms with Gasteiger partial charge in [0.2, 0.25) is 5.91 Å². The number of furan rings is 1. The third-order valence-electron chi connectivity index (χ3n) is 5.90. The number of rotatable bonds is 3. The molecule has 5 aromatic rings. The summed E-state index contributed by atoms with van der Waals surface area (Å²) in [6.45, 7) is 0. The van der Waals surface area contributed by atoms with E-state index in [4.69, 9.17) is 13.9 Å². The second-order valence-electron chi connectivity index (χ2n) is 7.75. The van der Waals surface area contributed by atoms with Crippen molar-refractivity contribution in [1.82, 2.24) is 0 Å². The van der Waals surface area contributed by atoms with Gasteiger partial charge in [0.25, 0.3) is 0 Å². The van der Waals surface area contributed by atoms with E-state index < -0.39 is 5.92 Å². The van der Waals surface area contributed by atoms with Gasteiger partial charge in [-0.05, 0) is 24.3 Å². The average Bonchev–Trinajstić information content (AvgIpc) is 3.19. The molecule has 0 unspecified atom stereocenters. The number of para-hydroxylation sites is 3. The highest BCUT2D eigenvalue weighted by atomic mass is 16.5. The van der Waals surface area contributed by atoms with Crippen LogP contribution in [0.15, 0.2) is 89.3 Å². The summed E-state index contributed by atoms with van der Waals surface area (Å²) in [7, 11) is 1.60. The maximum atomic E-state index is 13.6. The Labute approximate surface area is 184 Å². The highest BCUT2D eigenvalue weighted by Crippen LogP contribution is 2.45. The molecule has 2 heterocycles. The SMILES string of the molecule is COc1cc2c(cc1NC(=O)C1c3ccccc3Oc3ccccc31)oc1ccccc12. The molecule has 5 heteroatoms. The smallest absolute Gasteiger partial charge is 0.236 e. The third kappa shape index (κ3) is 2.82. The number of hydrogen-bond donors (Lipinski definition) is 1. The van der Waals surface area contributed by atoms with Crippen molar-refractivity contribution in [3.8, 4) is 17.2 Å². The van der Waals surface area contributed by atoms with Crippen molar-refractivity contribution in [2.75, 3.05) is 12.4 Å². The molecule has 1 aliphatic rings. The molecule has 32 heavy (non-hydrogen) atoms. The Hall–Kier alpha value is -4.25. The Kier molecular flexibility index (Phi) is 4.15. The van der Waals surface area contributed by atoms with Crippen LogP contribution in [0.25, 0.3) is 21.9 Å². The van der Waals surface area contributed by atoms with E-state index in [0.717, 1.165) is 27.5 Å². The molecule has 0 bridgehead atoms. The zero-order valence-corrected chi connectivity index (χ0v) is 17.3. The van der Waals surface area contributed by atoms with Crippen LogP contribution in [0.4, 0.5) is 5.69 Å². The largest absolute Gasteiger partial charge is 0.495 e. The lowest BCUT2D eigenvalue weighted by molar-refractivity contribution is -0.116. The highest BCUT2D eigenvalue weighted by Gasteiger charge is 2.33. The Balaban J connectivity index is 1.44. The topological polar surface area (TPSA) is 60.7 Å². The van der Waals surface area contributed by atoms with Gasteiger partial charge >= 0.3 is 0 Å². The lowest BCUT2D eigenvalue weighted by atomic mass is 9.87. The van der Waals surface area contributed by atoms with Gasteiger partial charge in [0.1, 0.15) is 28.4 Å². The molecule has 5 nitrogen and oxygen atoms in total. The van der Waals surface area contributed by atoms with E-state index >= 15 is 0 Å². The van der Waals surface area contributed by atoms with Gasteiger partial charge in [0.05, 0.1) is 18.7 Å². The van der Waals surface area contributed by atoms with Gasteiger partial charge in [-0.1, -0.05) is 54.6 Å². The van der Waals surface area contributed by atoms with Crippen molar-refractivity contribution in [2.24, 2.45) is 0 Å². The van der Waals surface area contributed by atoms with Crippen LogP contribution in [0.5, 0.6) is 17.2 Å². The minimum Gasteiger partial charge on any atom is -0.495 e. The van der Waals surface area contributed by atoms with Crippen molar-refractivity contribution in [1.29, 1.82) is 0 Å². The molecule has 0 fully saturated rings. The quantitative estimate of drug-likeness (QED) is 0.363. The molecule has 0 radical (unpaired) electrons. The summed E-state index contributed by atoms with van der Waals surface area (Å²) < 4.78 is 17.6. The van der Waals surface area contributed by atoms with E-state index in [1.807, 2.05) is 84.9 Å². The number of ether oxygens (including phenoxy) is 2. The summed E-state index contributed by atoms with van der Waals surface area (Å²) >= 11 is 0. The van der Waals surface area contributed by atoms with Crippen LogP contribution in [-0.2, 0) is 4.79 Å². The number of anilines is 1. The number of nitrogens with one attached hydrogen (secondary N) is 1. The first-order valence-electron chi connectivity index (χ1n) is 10.4. The lowest BCUT2D eigenvalue weighted by Gasteiger charge is -2.27. The van der Waals surface area contributed by atoms with E-state index in [1.165, 1.54) is 0 Å². The van der Waals surface area contributed by atoms with E-state index in [2.05, 4.69) is 5.32 Å². The normalized spacial score (nSPS) is 12.8. The van der Waals surface area contributed by atoms with Gasteiger partial charge in [0.15, 0.2) is 0 Å². The van der Waals surface area contributed by atoms with Crippen molar-refractivity contribution in [3.63, 3.8) is 0 Å². The molecule has 1 aliphatic heterocycles. The van der Waals surface area contributed by atoms with E-state index in [1.54, 1.807) is 7.11 Å². The monoisotopic (exact) mass is 421 g/mol. The van der Waals surface area contributed by atoms with Crippen molar-refractivity contribution in [3.05, 3.63) is 96.1 Å². The van der Waals surface area contributed by atoms with Gasteiger partial charge in [-0.3, -0.25) is 4.79 Å². The summed E-state index contributed by atoms with van der Waals surface area (Å²) in [6, 6.07) is 26.8. The molecule has 1 N–H and O–H groups in total. The molecule has 1 amide bonds. The Bertz CT molecular complexity index is 1460. The molecule has 0 saturated carbocycles. The molecule has 0 spiro atoms. The lowest BCUT2D eigenvalue weighted by Crippen LogP contribution is -2.25. The molecule has 0 aliphatic carbocycles. The molecular formula is C27H19NO4. The zero-order valence-electron chi connectivity index (χ0n) is 17.3. The first-order chi connectivity index (χ1) is 15.7. The first kappa shape index (κ1) is 18.5. The molecule has 6 rings (SSSR count). The van der Waals surface area contributed by atoms with Gasteiger partial charge in [-0.2, -0.15) is 0 Å². The number of amides is 1. The van der Waals surface area contributed by atoms with Crippen molar-refractivity contribution >= 4 is 33.5 Å². The van der Waals surface area contributed by atoms with Gasteiger partial charge < -0.3 is 19.2 Å². The summed E-state index contributed by atoms with van der Waals surface area (Å²) in [5, 5.41) is 5.02. The molecule has 0 saturated heterocycles. The summed E-state index contributed by atoms with van der Waals surface area (Å²) in [6.07, 6.45) is 0. The number of fused-ring (bicyclic) bond motifs is 5. The number of carbonyl (C=O) groups excluding carboxylic acids is 1. The number of hydrogen-bond acceptors (Lipinski definition) is 4. The maximum Gasteiger partial charge on any atom is 0.236 e. The average molecular weight is 421 g/mol. The molecule has 0 atom stereocenters. The van der Waals surface area contributed by atoms with Crippen LogP contribution in [0.2, 0.25) is 0 Å². The molecule has 4 aromatic carbocycles. The second-order valence-corrected chi connectivity index (χ2v) is 7.75. The minimum atomic E-state index is -0.507. The number of methoxy groups -OCH3 is 1. The van der Waals surface area contributed by atoms with Gasteiger partial charge in [0, 0.05) is 28.0 Å². The maximum absolute atomic E-state index is 13.6. The van der Waals surface area contributed by atoms with Crippen LogP contribution < -0.4 is 14.8 Å². The summed E-state index contributed by atoms with van der Waals surface area (Å²) in [4.78, 5) is 13.6. The molecule has 156 valence electrons. The third-order valence-corrected chi connectivity index (χ3v) is 5.90. The van der Waals surface area contributed by atoms with Crippen LogP contribution in [0.3, 0.4) is 0 Å². The van der Waals surface area contributed by atoms with Crippen LogP contribution in [0.1, 0.15) is 17.0 Å². The van der Waals surface area contributed by atoms with E-state index in [9.17, 15) is 4.79 Å². The minimum absolute atomic E-state index is 0.165. The van der Waals surface area contributed by atoms with E-state index in [0.29, 0.717) is 28.5 Å². The summed E-state index contributed by atoms with van der Waals surface area (Å²) in [5.74, 6) is 1.28. The highest BCUT2D eigenvalue weighted by molar-refractivity contribution is 6.08. The van der Waals surface area contributed by atoms with Crippen LogP contribution in [0, 0.1) is 0 Å². The predicted octanol–water partition coefficient (Wildman–Crippen LogP) is 6.47. The molecular weight excluding hydrogens is 402 g/mol. The number of benzene rings is 4. The Morgan fingerprint density at radius 3 is 2.19 bits per heavy atom. The fourth-order valence-corrected chi connectivity index (χ4v) is 4.42. The Morgan fingerprint density at radius 1 is 0.812 bits per heavy atom. The van der Waals surface area contributed by atoms with Crippen LogP contribution >= 0.6 is 0 Å². The second kappa shape index (κ2) is 7.17. The number of carbonyl (C=O) groups is 1. The van der Waals surface area contributed by atoms with Crippen molar-refractivity contribution in [2.45, 2.75) is 5.92 Å². The van der Waals surface area contributed by atoms with Crippen molar-refractivity contribution < 1.29 is 18.7 Å². The van der Waals surface area contributed by atoms with Gasteiger partial charge in [-0.25, -0.2) is 0 Å². The predicted molar refractivity (Wildman–Crippen MR) is 124 cm³/mol. The van der Waals surface area contributed by atoms with Gasteiger partial charge in [-0.15, -0.1) is 0 Å². The fraction of sp³-hybridized carbons (Fsp3) is 0.0741. The fourth-order valence-electron chi connectivity index (χ4n) is 4.42. The molecule has 1 aromatic heterocycles. The Morgan fingerprint density at radius 2 is 1.47 bits per heavy atom. The zero-order chi connectivity index (χ0) is 21.7. The first-order valence-corrected chi connectivity index (χ1v) is 10.4. The van der Waals surface area contributed by atoms with Crippen LogP contribution in [-0.4, -0.2) is 13.0 Å². The summed E-state index contributed by atoms with van der Waals surface area (Å²) in [5.41, 5.74) is 3.70. The standard InChI is InChI=1S/C27H19NO4/c1-30-25-14-19-16-8-2-5-11-21(16)32-24(19)15-20(25)28-27(29)26-17-9-3-6-12-22(17)31-23-13-7-4-10-18(23)26/h2-15,26H,1H3,(H,28,29).